The van der Waals surface area contributed by atoms with E-state index in [4.69, 9.17) is 4.74 Å². The normalized spacial score (nSPS) is 12.6. The van der Waals surface area contributed by atoms with Crippen LogP contribution in [0.15, 0.2) is 6.20 Å². The van der Waals surface area contributed by atoms with Crippen molar-refractivity contribution in [1.29, 1.82) is 0 Å². The summed E-state index contributed by atoms with van der Waals surface area (Å²) in [5.74, 6) is 0.945. The van der Waals surface area contributed by atoms with Crippen molar-refractivity contribution in [2.45, 2.75) is 52.9 Å². The van der Waals surface area contributed by atoms with Crippen LogP contribution >= 0.6 is 0 Å². The Kier molecular flexibility index (Phi) is 5.25. The van der Waals surface area contributed by atoms with E-state index in [2.05, 4.69) is 23.8 Å². The zero-order valence-electron chi connectivity index (χ0n) is 11.9. The highest BCUT2D eigenvalue weighted by atomic mass is 16.5. The maximum absolute atomic E-state index is 11.8. The van der Waals surface area contributed by atoms with E-state index in [1.165, 1.54) is 0 Å². The molecule has 4 heteroatoms. The molecule has 0 aromatic carbocycles. The molecule has 0 spiro atoms. The van der Waals surface area contributed by atoms with Crippen LogP contribution < -0.4 is 0 Å². The van der Waals surface area contributed by atoms with Gasteiger partial charge >= 0.3 is 5.97 Å². The second-order valence-corrected chi connectivity index (χ2v) is 4.71. The molecule has 1 heterocycles. The minimum Gasteiger partial charge on any atom is -0.462 e. The second-order valence-electron chi connectivity index (χ2n) is 4.71. The Hall–Kier alpha value is -1.45. The predicted octanol–water partition coefficient (Wildman–Crippen LogP) is 3.29. The highest BCUT2D eigenvalue weighted by Crippen LogP contribution is 2.21. The number of aromatic nitrogens is 2. The molecule has 0 bridgehead atoms. The first-order valence-corrected chi connectivity index (χ1v) is 6.55. The van der Waals surface area contributed by atoms with Gasteiger partial charge in [-0.05, 0) is 19.3 Å². The van der Waals surface area contributed by atoms with E-state index in [9.17, 15) is 4.79 Å². The predicted molar refractivity (Wildman–Crippen MR) is 70.8 cm³/mol. The minimum absolute atomic E-state index is 0.176. The summed E-state index contributed by atoms with van der Waals surface area (Å²) in [6.45, 7) is 10.4. The van der Waals surface area contributed by atoms with Crippen LogP contribution in [0.25, 0.3) is 0 Å². The topological polar surface area (TPSA) is 52.1 Å². The number of hydrogen-bond donors (Lipinski definition) is 0. The van der Waals surface area contributed by atoms with Gasteiger partial charge in [-0.15, -0.1) is 0 Å². The van der Waals surface area contributed by atoms with Crippen molar-refractivity contribution < 1.29 is 9.53 Å². The molecule has 0 aliphatic heterocycles. The largest absolute Gasteiger partial charge is 0.462 e. The van der Waals surface area contributed by atoms with Crippen LogP contribution in [0.3, 0.4) is 0 Å². The molecule has 18 heavy (non-hydrogen) atoms. The fourth-order valence-electron chi connectivity index (χ4n) is 1.64. The Bertz CT molecular complexity index is 416. The molecule has 0 amide bonds. The third-order valence-electron chi connectivity index (χ3n) is 2.93. The molecule has 0 radical (unpaired) electrons. The number of nitrogens with zero attached hydrogens (tertiary/aromatic N) is 2. The quantitative estimate of drug-likeness (QED) is 0.752. The lowest BCUT2D eigenvalue weighted by molar-refractivity contribution is 0.0523. The Morgan fingerprint density at radius 3 is 2.50 bits per heavy atom. The van der Waals surface area contributed by atoms with Gasteiger partial charge in [0, 0.05) is 12.1 Å². The Morgan fingerprint density at radius 1 is 1.33 bits per heavy atom. The van der Waals surface area contributed by atoms with E-state index in [-0.39, 0.29) is 11.9 Å². The first kappa shape index (κ1) is 14.6. The molecule has 0 saturated heterocycles. The summed E-state index contributed by atoms with van der Waals surface area (Å²) in [6, 6.07) is 0. The monoisotopic (exact) mass is 250 g/mol. The third kappa shape index (κ3) is 3.28. The molecule has 0 aliphatic rings. The molecule has 1 rings (SSSR count). The van der Waals surface area contributed by atoms with Crippen molar-refractivity contribution in [2.24, 2.45) is 0 Å². The van der Waals surface area contributed by atoms with Crippen LogP contribution in [0.2, 0.25) is 0 Å². The van der Waals surface area contributed by atoms with Crippen LogP contribution in [0, 0.1) is 0 Å². The van der Waals surface area contributed by atoms with E-state index in [1.807, 2.05) is 13.8 Å². The molecule has 0 aliphatic carbocycles. The van der Waals surface area contributed by atoms with E-state index < -0.39 is 0 Å². The summed E-state index contributed by atoms with van der Waals surface area (Å²) in [6.07, 6.45) is 2.58. The highest BCUT2D eigenvalue weighted by Gasteiger charge is 2.19. The van der Waals surface area contributed by atoms with Gasteiger partial charge in [-0.25, -0.2) is 14.8 Å². The van der Waals surface area contributed by atoms with Gasteiger partial charge in [-0.2, -0.15) is 0 Å². The fraction of sp³-hybridized carbons (Fsp3) is 0.643. The molecule has 100 valence electrons. The van der Waals surface area contributed by atoms with Gasteiger partial charge in [0.05, 0.1) is 17.9 Å². The average molecular weight is 250 g/mol. The number of carbonyl (C=O) groups is 1. The number of carbonyl (C=O) groups excluding carboxylic acids is 1. The van der Waals surface area contributed by atoms with Crippen LogP contribution in [0.4, 0.5) is 0 Å². The van der Waals surface area contributed by atoms with Gasteiger partial charge < -0.3 is 4.74 Å². The molecule has 1 atom stereocenters. The van der Waals surface area contributed by atoms with Crippen molar-refractivity contribution in [2.75, 3.05) is 6.61 Å². The summed E-state index contributed by atoms with van der Waals surface area (Å²) in [7, 11) is 0. The number of rotatable bonds is 5. The van der Waals surface area contributed by atoms with Crippen molar-refractivity contribution >= 4 is 5.97 Å². The maximum atomic E-state index is 11.8. The Morgan fingerprint density at radius 2 is 2.00 bits per heavy atom. The number of hydrogen-bond acceptors (Lipinski definition) is 4. The summed E-state index contributed by atoms with van der Waals surface area (Å²) >= 11 is 0. The van der Waals surface area contributed by atoms with Crippen molar-refractivity contribution in [1.82, 2.24) is 9.97 Å². The summed E-state index contributed by atoms with van der Waals surface area (Å²) in [4.78, 5) is 20.6. The fourth-order valence-corrected chi connectivity index (χ4v) is 1.64. The zero-order chi connectivity index (χ0) is 13.7. The summed E-state index contributed by atoms with van der Waals surface area (Å²) < 4.78 is 5.03. The SMILES string of the molecule is CCOC(=O)c1cnc(C(C)CC)nc1C(C)C. The molecule has 0 fully saturated rings. The van der Waals surface area contributed by atoms with Crippen molar-refractivity contribution in [3.63, 3.8) is 0 Å². The van der Waals surface area contributed by atoms with E-state index >= 15 is 0 Å². The van der Waals surface area contributed by atoms with E-state index in [1.54, 1.807) is 13.1 Å². The third-order valence-corrected chi connectivity index (χ3v) is 2.93. The van der Waals surface area contributed by atoms with Gasteiger partial charge in [0.2, 0.25) is 0 Å². The molecule has 1 aromatic rings. The van der Waals surface area contributed by atoms with Crippen LogP contribution in [-0.2, 0) is 4.74 Å². The summed E-state index contributed by atoms with van der Waals surface area (Å²) in [5.41, 5.74) is 1.26. The van der Waals surface area contributed by atoms with Crippen LogP contribution in [-0.4, -0.2) is 22.5 Å². The van der Waals surface area contributed by atoms with Gasteiger partial charge in [-0.3, -0.25) is 0 Å². The highest BCUT2D eigenvalue weighted by molar-refractivity contribution is 5.90. The smallest absolute Gasteiger partial charge is 0.341 e. The van der Waals surface area contributed by atoms with Gasteiger partial charge in [0.1, 0.15) is 5.82 Å². The second kappa shape index (κ2) is 6.47. The molecular formula is C14H22N2O2. The van der Waals surface area contributed by atoms with Crippen LogP contribution in [0.1, 0.15) is 74.8 Å². The molecule has 1 unspecified atom stereocenters. The number of esters is 1. The lowest BCUT2D eigenvalue weighted by Crippen LogP contribution is -2.14. The first-order chi connectivity index (χ1) is 8.51. The first-order valence-electron chi connectivity index (χ1n) is 6.55. The molecule has 0 N–H and O–H groups in total. The Balaban J connectivity index is 3.16. The molecule has 0 saturated carbocycles. The van der Waals surface area contributed by atoms with Crippen molar-refractivity contribution in [3.05, 3.63) is 23.3 Å². The van der Waals surface area contributed by atoms with Gasteiger partial charge in [0.15, 0.2) is 0 Å². The molecule has 1 aromatic heterocycles. The number of ether oxygens (including phenoxy) is 1. The standard InChI is InChI=1S/C14H22N2O2/c1-6-10(5)13-15-8-11(14(17)18-7-2)12(16-13)9(3)4/h8-10H,6-7H2,1-5H3. The van der Waals surface area contributed by atoms with E-state index in [0.29, 0.717) is 18.1 Å². The summed E-state index contributed by atoms with van der Waals surface area (Å²) in [5, 5.41) is 0. The van der Waals surface area contributed by atoms with Crippen molar-refractivity contribution in [3.8, 4) is 0 Å². The maximum Gasteiger partial charge on any atom is 0.341 e. The zero-order valence-corrected chi connectivity index (χ0v) is 11.9. The average Bonchev–Trinajstić information content (AvgIpc) is 2.37. The van der Waals surface area contributed by atoms with Gasteiger partial charge in [0.25, 0.3) is 0 Å². The lowest BCUT2D eigenvalue weighted by atomic mass is 10.0. The lowest BCUT2D eigenvalue weighted by Gasteiger charge is -2.14. The van der Waals surface area contributed by atoms with Gasteiger partial charge in [-0.1, -0.05) is 27.7 Å². The minimum atomic E-state index is -0.336. The molecular weight excluding hydrogens is 228 g/mol. The van der Waals surface area contributed by atoms with E-state index in [0.717, 1.165) is 17.9 Å². The van der Waals surface area contributed by atoms with Crippen LogP contribution in [0.5, 0.6) is 0 Å². The Labute approximate surface area is 109 Å². The molecule has 4 nitrogen and oxygen atoms in total.